The van der Waals surface area contributed by atoms with Gasteiger partial charge in [0.2, 0.25) is 0 Å². The maximum Gasteiger partial charge on any atom is 0.343 e. The zero-order chi connectivity index (χ0) is 35.7. The second-order valence-corrected chi connectivity index (χ2v) is 12.0. The molecule has 5 aromatic rings. The molecule has 1 aliphatic heterocycles. The van der Waals surface area contributed by atoms with Crippen LogP contribution in [0.2, 0.25) is 0 Å². The molecule has 0 bridgehead atoms. The fraction of sp³-hybridized carbons (Fsp3) is 0.171. The SMILES string of the molecule is CCc1ccc(C(=O)Oc2ccc(C(=O)Oc3ccc(C(=O)Oc4ccc(C(=O)Oc5ccc(N6CCN(C)CC6)cc5)cc4)cc3)cc2)cc1. The van der Waals surface area contributed by atoms with Gasteiger partial charge in [-0.05, 0) is 128 Å². The van der Waals surface area contributed by atoms with Crippen LogP contribution in [-0.2, 0) is 6.42 Å². The van der Waals surface area contributed by atoms with Crippen LogP contribution in [0.25, 0.3) is 0 Å². The van der Waals surface area contributed by atoms with Crippen LogP contribution in [0.5, 0.6) is 23.0 Å². The lowest BCUT2D eigenvalue weighted by Gasteiger charge is -2.34. The Morgan fingerprint density at radius 3 is 1.06 bits per heavy atom. The van der Waals surface area contributed by atoms with Gasteiger partial charge in [-0.15, -0.1) is 0 Å². The van der Waals surface area contributed by atoms with Crippen molar-refractivity contribution >= 4 is 29.6 Å². The van der Waals surface area contributed by atoms with E-state index in [0.29, 0.717) is 16.9 Å². The quantitative estimate of drug-likeness (QED) is 0.114. The number of ether oxygens (including phenoxy) is 4. The molecule has 258 valence electrons. The molecule has 1 fully saturated rings. The highest BCUT2D eigenvalue weighted by atomic mass is 16.5. The van der Waals surface area contributed by atoms with Gasteiger partial charge >= 0.3 is 23.9 Å². The van der Waals surface area contributed by atoms with Crippen molar-refractivity contribution in [3.8, 4) is 23.0 Å². The molecular weight excluding hydrogens is 648 g/mol. The van der Waals surface area contributed by atoms with Gasteiger partial charge < -0.3 is 28.7 Å². The summed E-state index contributed by atoms with van der Waals surface area (Å²) in [6.07, 6.45) is 0.871. The summed E-state index contributed by atoms with van der Waals surface area (Å²) in [6, 6.07) is 32.6. The molecule has 0 aromatic heterocycles. The highest BCUT2D eigenvalue weighted by molar-refractivity contribution is 5.94. The van der Waals surface area contributed by atoms with Crippen molar-refractivity contribution < 1.29 is 38.1 Å². The van der Waals surface area contributed by atoms with Crippen LogP contribution >= 0.6 is 0 Å². The molecule has 1 heterocycles. The smallest absolute Gasteiger partial charge is 0.343 e. The first-order valence-electron chi connectivity index (χ1n) is 16.6. The molecule has 0 saturated carbocycles. The van der Waals surface area contributed by atoms with Gasteiger partial charge in [0.1, 0.15) is 23.0 Å². The number of esters is 4. The second kappa shape index (κ2) is 16.0. The predicted octanol–water partition coefficient (Wildman–Crippen LogP) is 6.88. The Morgan fingerprint density at radius 2 is 0.745 bits per heavy atom. The van der Waals surface area contributed by atoms with Gasteiger partial charge in [0.15, 0.2) is 0 Å². The molecule has 0 atom stereocenters. The van der Waals surface area contributed by atoms with Crippen molar-refractivity contribution in [1.82, 2.24) is 4.90 Å². The Morgan fingerprint density at radius 1 is 0.451 bits per heavy atom. The van der Waals surface area contributed by atoms with Crippen molar-refractivity contribution in [2.75, 3.05) is 38.1 Å². The van der Waals surface area contributed by atoms with E-state index in [0.717, 1.165) is 43.9 Å². The number of aryl methyl sites for hydroxylation is 1. The van der Waals surface area contributed by atoms with Gasteiger partial charge in [-0.3, -0.25) is 0 Å². The van der Waals surface area contributed by atoms with Crippen molar-refractivity contribution in [3.63, 3.8) is 0 Å². The normalized spacial score (nSPS) is 12.9. The first-order chi connectivity index (χ1) is 24.7. The first kappa shape index (κ1) is 34.6. The molecule has 6 rings (SSSR count). The van der Waals surface area contributed by atoms with Crippen molar-refractivity contribution in [1.29, 1.82) is 0 Å². The molecule has 0 unspecified atom stereocenters. The number of rotatable bonds is 10. The summed E-state index contributed by atoms with van der Waals surface area (Å²) < 4.78 is 21.8. The summed E-state index contributed by atoms with van der Waals surface area (Å²) in [4.78, 5) is 55.2. The number of hydrogen-bond donors (Lipinski definition) is 0. The fourth-order valence-electron chi connectivity index (χ4n) is 5.31. The maximum absolute atomic E-state index is 12.8. The number of likely N-dealkylation sites (N-methyl/N-ethyl adjacent to an activating group) is 1. The van der Waals surface area contributed by atoms with E-state index in [9.17, 15) is 19.2 Å². The number of hydrogen-bond acceptors (Lipinski definition) is 10. The minimum Gasteiger partial charge on any atom is -0.423 e. The molecule has 51 heavy (non-hydrogen) atoms. The number of carbonyl (C=O) groups excluding carboxylic acids is 4. The van der Waals surface area contributed by atoms with E-state index in [1.807, 2.05) is 31.2 Å². The monoisotopic (exact) mass is 684 g/mol. The number of anilines is 1. The molecular formula is C41H36N2O8. The Hall–Kier alpha value is -6.26. The third kappa shape index (κ3) is 9.05. The average Bonchev–Trinajstić information content (AvgIpc) is 3.16. The zero-order valence-electron chi connectivity index (χ0n) is 28.2. The van der Waals surface area contributed by atoms with Crippen LogP contribution in [0.3, 0.4) is 0 Å². The Bertz CT molecular complexity index is 1980. The minimum atomic E-state index is -0.630. The number of piperazine rings is 1. The van der Waals surface area contributed by atoms with Gasteiger partial charge in [-0.25, -0.2) is 19.2 Å². The predicted molar refractivity (Wildman–Crippen MR) is 191 cm³/mol. The largest absolute Gasteiger partial charge is 0.423 e. The highest BCUT2D eigenvalue weighted by Crippen LogP contribution is 2.23. The van der Waals surface area contributed by atoms with E-state index in [-0.39, 0.29) is 28.4 Å². The van der Waals surface area contributed by atoms with Gasteiger partial charge in [-0.2, -0.15) is 0 Å². The zero-order valence-corrected chi connectivity index (χ0v) is 28.2. The Balaban J connectivity index is 0.966. The maximum atomic E-state index is 12.8. The van der Waals surface area contributed by atoms with Gasteiger partial charge in [-0.1, -0.05) is 19.1 Å². The molecule has 0 N–H and O–H groups in total. The Kier molecular flexibility index (Phi) is 10.8. The van der Waals surface area contributed by atoms with E-state index < -0.39 is 23.9 Å². The summed E-state index contributed by atoms with van der Waals surface area (Å²) in [5.41, 5.74) is 3.41. The van der Waals surface area contributed by atoms with Crippen molar-refractivity contribution in [2.45, 2.75) is 13.3 Å². The lowest BCUT2D eigenvalue weighted by atomic mass is 10.1. The molecule has 1 aliphatic rings. The Labute approximate surface area is 295 Å². The minimum absolute atomic E-state index is 0.222. The third-order valence-electron chi connectivity index (χ3n) is 8.42. The molecule has 5 aromatic carbocycles. The molecule has 0 radical (unpaired) electrons. The van der Waals surface area contributed by atoms with Crippen LogP contribution < -0.4 is 23.8 Å². The summed E-state index contributed by atoms with van der Waals surface area (Å²) in [5, 5.41) is 0. The standard InChI is InChI=1S/C41H36N2O8/c1-3-28-4-6-29(7-5-28)38(44)48-34-16-8-30(9-17-34)39(45)49-35-18-10-31(11-19-35)40(46)50-36-20-12-32(13-21-36)41(47)51-37-22-14-33(15-23-37)43-26-24-42(2)25-27-43/h4-23H,3,24-27H2,1-2H3. The van der Waals surface area contributed by atoms with E-state index in [1.54, 1.807) is 24.3 Å². The van der Waals surface area contributed by atoms with Crippen LogP contribution in [-0.4, -0.2) is 62.0 Å². The van der Waals surface area contributed by atoms with Crippen molar-refractivity contribution in [3.05, 3.63) is 149 Å². The molecule has 10 nitrogen and oxygen atoms in total. The number of carbonyl (C=O) groups is 4. The van der Waals surface area contributed by atoms with E-state index in [2.05, 4.69) is 16.8 Å². The molecule has 0 aliphatic carbocycles. The summed E-state index contributed by atoms with van der Waals surface area (Å²) >= 11 is 0. The summed E-state index contributed by atoms with van der Waals surface area (Å²) in [5.74, 6) is -1.09. The molecule has 0 amide bonds. The topological polar surface area (TPSA) is 112 Å². The van der Waals surface area contributed by atoms with E-state index in [1.165, 1.54) is 72.8 Å². The van der Waals surface area contributed by atoms with Gasteiger partial charge in [0.25, 0.3) is 0 Å². The molecule has 0 spiro atoms. The fourth-order valence-corrected chi connectivity index (χ4v) is 5.31. The highest BCUT2D eigenvalue weighted by Gasteiger charge is 2.17. The third-order valence-corrected chi connectivity index (χ3v) is 8.42. The summed E-state index contributed by atoms with van der Waals surface area (Å²) in [6.45, 7) is 5.93. The summed E-state index contributed by atoms with van der Waals surface area (Å²) in [7, 11) is 2.11. The van der Waals surface area contributed by atoms with E-state index in [4.69, 9.17) is 18.9 Å². The lowest BCUT2D eigenvalue weighted by Crippen LogP contribution is -2.44. The van der Waals surface area contributed by atoms with Crippen molar-refractivity contribution in [2.24, 2.45) is 0 Å². The van der Waals surface area contributed by atoms with Crippen LogP contribution in [0.15, 0.2) is 121 Å². The first-order valence-corrected chi connectivity index (χ1v) is 16.6. The van der Waals surface area contributed by atoms with Crippen LogP contribution in [0, 0.1) is 0 Å². The number of nitrogens with zero attached hydrogens (tertiary/aromatic N) is 2. The van der Waals surface area contributed by atoms with Gasteiger partial charge in [0, 0.05) is 31.9 Å². The van der Waals surface area contributed by atoms with Crippen LogP contribution in [0.4, 0.5) is 5.69 Å². The number of benzene rings is 5. The van der Waals surface area contributed by atoms with Crippen LogP contribution in [0.1, 0.15) is 53.9 Å². The second-order valence-electron chi connectivity index (χ2n) is 12.0. The average molecular weight is 685 g/mol. The molecule has 1 saturated heterocycles. The van der Waals surface area contributed by atoms with E-state index >= 15 is 0 Å². The lowest BCUT2D eigenvalue weighted by molar-refractivity contribution is 0.0722. The molecule has 10 heteroatoms. The van der Waals surface area contributed by atoms with Gasteiger partial charge in [0.05, 0.1) is 22.3 Å².